The van der Waals surface area contributed by atoms with Crippen molar-refractivity contribution in [3.63, 3.8) is 0 Å². The maximum atomic E-state index is 11.6. The second-order valence-corrected chi connectivity index (χ2v) is 7.32. The number of hydrogen-bond donors (Lipinski definition) is 8. The van der Waals surface area contributed by atoms with Gasteiger partial charge in [-0.1, -0.05) is 0 Å². The van der Waals surface area contributed by atoms with Crippen LogP contribution in [0.2, 0.25) is 0 Å². The number of β-lactam (4-membered cyclic amide) rings is 1. The summed E-state index contributed by atoms with van der Waals surface area (Å²) in [5.41, 5.74) is 5.61. The number of rotatable bonds is 10. The molecule has 1 aromatic rings. The number of nitrogens with one attached hydrogen (secondary N) is 5. The number of aromatic nitrogens is 1. The SMILES string of the molecule is C=N/C(=C\SCN)C(C)=N.O=CNC1C(=O)NC1CNC(=O)NCc1cc(=O)c(O)cn1O. The summed E-state index contributed by atoms with van der Waals surface area (Å²) in [5.74, 6) is -0.445. The van der Waals surface area contributed by atoms with Gasteiger partial charge in [-0.05, 0) is 19.0 Å². The first-order valence-electron chi connectivity index (χ1n) is 9.34. The number of carbonyl (C=O) groups is 3. The average molecular weight is 483 g/mol. The minimum Gasteiger partial charge on any atom is -0.503 e. The Morgan fingerprint density at radius 1 is 1.45 bits per heavy atom. The summed E-state index contributed by atoms with van der Waals surface area (Å²) in [5, 5.41) is 37.2. The molecule has 14 nitrogen and oxygen atoms in total. The Hall–Kier alpha value is -3.85. The standard InChI is InChI=1S/C12H15N5O6.C6H11N3S/c18-5-15-10-7(16-11(10)21)3-14-12(22)13-2-6-1-8(19)9(20)4-17(6)23;1-5(8)6(9-2)3-10-4-7/h1,4-5,7,10,20,23H,2-3H2,(H,15,18)(H,16,21)(H2,13,14,22);3,8H,2,4,7H2,1H3/b;6-3-,8-5?. The first-order valence-corrected chi connectivity index (χ1v) is 10.4. The molecule has 0 aromatic carbocycles. The molecule has 1 saturated heterocycles. The van der Waals surface area contributed by atoms with Crippen molar-refractivity contribution in [1.82, 2.24) is 26.0 Å². The van der Waals surface area contributed by atoms with Crippen LogP contribution in [-0.2, 0) is 16.1 Å². The van der Waals surface area contributed by atoms with Crippen LogP contribution in [0.15, 0.2) is 33.2 Å². The summed E-state index contributed by atoms with van der Waals surface area (Å²) in [6, 6.07) is -0.724. The molecule has 15 heteroatoms. The van der Waals surface area contributed by atoms with E-state index in [4.69, 9.17) is 16.2 Å². The number of pyridine rings is 1. The van der Waals surface area contributed by atoms with Gasteiger partial charge in [-0.25, -0.2) is 4.79 Å². The molecule has 2 atom stereocenters. The van der Waals surface area contributed by atoms with Gasteiger partial charge in [0.15, 0.2) is 5.75 Å². The van der Waals surface area contributed by atoms with Crippen LogP contribution < -0.4 is 32.4 Å². The molecule has 2 heterocycles. The van der Waals surface area contributed by atoms with E-state index in [0.717, 1.165) is 12.3 Å². The number of thioether (sulfide) groups is 1. The molecule has 0 aliphatic carbocycles. The molecule has 1 fully saturated rings. The highest BCUT2D eigenvalue weighted by Crippen LogP contribution is 2.06. The number of amides is 4. The second-order valence-electron chi connectivity index (χ2n) is 6.42. The number of hydrogen-bond acceptors (Lipinski definition) is 10. The molecule has 1 aliphatic heterocycles. The molecule has 2 rings (SSSR count). The maximum absolute atomic E-state index is 11.6. The largest absolute Gasteiger partial charge is 0.503 e. The summed E-state index contributed by atoms with van der Waals surface area (Å²) in [7, 11) is 0. The zero-order valence-electron chi connectivity index (χ0n) is 17.7. The molecule has 0 bridgehead atoms. The van der Waals surface area contributed by atoms with Gasteiger partial charge in [0.1, 0.15) is 6.04 Å². The van der Waals surface area contributed by atoms with Crippen LogP contribution in [0.5, 0.6) is 5.75 Å². The van der Waals surface area contributed by atoms with Crippen molar-refractivity contribution in [2.45, 2.75) is 25.6 Å². The monoisotopic (exact) mass is 482 g/mol. The molecule has 0 spiro atoms. The van der Waals surface area contributed by atoms with Crippen molar-refractivity contribution in [2.75, 3.05) is 12.4 Å². The third kappa shape index (κ3) is 8.66. The summed E-state index contributed by atoms with van der Waals surface area (Å²) in [6.07, 6.45) is 1.22. The van der Waals surface area contributed by atoms with Gasteiger partial charge in [-0.3, -0.25) is 19.4 Å². The third-order valence-corrected chi connectivity index (χ3v) is 4.69. The van der Waals surface area contributed by atoms with E-state index >= 15 is 0 Å². The van der Waals surface area contributed by atoms with E-state index in [9.17, 15) is 24.4 Å². The molecule has 4 amide bonds. The Morgan fingerprint density at radius 3 is 2.70 bits per heavy atom. The first kappa shape index (κ1) is 27.2. The lowest BCUT2D eigenvalue weighted by atomic mass is 9.99. The van der Waals surface area contributed by atoms with Gasteiger partial charge in [-0.15, -0.1) is 11.8 Å². The van der Waals surface area contributed by atoms with E-state index in [1.54, 1.807) is 12.3 Å². The van der Waals surface area contributed by atoms with Gasteiger partial charge in [0.2, 0.25) is 17.7 Å². The fraction of sp³-hybridized carbons (Fsp3) is 0.333. The van der Waals surface area contributed by atoms with Crippen molar-refractivity contribution < 1.29 is 24.7 Å². The van der Waals surface area contributed by atoms with E-state index in [0.29, 0.717) is 28.4 Å². The van der Waals surface area contributed by atoms with Gasteiger partial charge in [0.05, 0.1) is 35.9 Å². The highest BCUT2D eigenvalue weighted by Gasteiger charge is 2.38. The van der Waals surface area contributed by atoms with Gasteiger partial charge < -0.3 is 42.7 Å². The molecule has 1 aliphatic rings. The van der Waals surface area contributed by atoms with E-state index in [1.807, 2.05) is 0 Å². The van der Waals surface area contributed by atoms with E-state index in [1.165, 1.54) is 11.8 Å². The molecule has 9 N–H and O–H groups in total. The van der Waals surface area contributed by atoms with Crippen LogP contribution in [-0.4, -0.2) is 70.3 Å². The van der Waals surface area contributed by atoms with Crippen molar-refractivity contribution in [2.24, 2.45) is 10.7 Å². The van der Waals surface area contributed by atoms with E-state index in [-0.39, 0.29) is 24.7 Å². The van der Waals surface area contributed by atoms with Gasteiger partial charge in [0, 0.05) is 18.5 Å². The summed E-state index contributed by atoms with van der Waals surface area (Å²) >= 11 is 1.41. The Kier molecular flexibility index (Phi) is 11.2. The van der Waals surface area contributed by atoms with Crippen LogP contribution >= 0.6 is 11.8 Å². The van der Waals surface area contributed by atoms with Crippen LogP contribution in [0.3, 0.4) is 0 Å². The first-order chi connectivity index (χ1) is 15.6. The van der Waals surface area contributed by atoms with Crippen molar-refractivity contribution in [3.8, 4) is 5.75 Å². The van der Waals surface area contributed by atoms with Crippen LogP contribution in [0.25, 0.3) is 0 Å². The molecule has 2 unspecified atom stereocenters. The van der Waals surface area contributed by atoms with E-state index < -0.39 is 29.3 Å². The number of nitrogens with zero attached hydrogens (tertiary/aromatic N) is 2. The maximum Gasteiger partial charge on any atom is 0.315 e. The smallest absolute Gasteiger partial charge is 0.315 e. The topological polar surface area (TPSA) is 224 Å². The van der Waals surface area contributed by atoms with Crippen LogP contribution in [0.1, 0.15) is 12.6 Å². The highest BCUT2D eigenvalue weighted by molar-refractivity contribution is 8.02. The number of urea groups is 1. The van der Waals surface area contributed by atoms with Crippen molar-refractivity contribution >= 4 is 42.5 Å². The van der Waals surface area contributed by atoms with Crippen LogP contribution in [0, 0.1) is 5.41 Å². The minimum atomic E-state index is -0.688. The lowest BCUT2D eigenvalue weighted by molar-refractivity contribution is -0.133. The summed E-state index contributed by atoms with van der Waals surface area (Å²) < 4.78 is 0.521. The molecule has 0 radical (unpaired) electrons. The number of aromatic hydroxyl groups is 1. The predicted octanol–water partition coefficient (Wildman–Crippen LogP) is -1.58. The minimum absolute atomic E-state index is 0.0698. The van der Waals surface area contributed by atoms with Crippen molar-refractivity contribution in [3.05, 3.63) is 39.3 Å². The van der Waals surface area contributed by atoms with Gasteiger partial charge >= 0.3 is 6.03 Å². The fourth-order valence-corrected chi connectivity index (χ4v) is 2.87. The number of allylic oxidation sites excluding steroid dienone is 1. The Labute approximate surface area is 192 Å². The quantitative estimate of drug-likeness (QED) is 0.0637. The molecular formula is C18H26N8O6S. The van der Waals surface area contributed by atoms with Gasteiger partial charge in [0.25, 0.3) is 0 Å². The summed E-state index contributed by atoms with van der Waals surface area (Å²) in [4.78, 5) is 48.0. The lowest BCUT2D eigenvalue weighted by Crippen LogP contribution is -2.71. The fourth-order valence-electron chi connectivity index (χ4n) is 2.37. The molecule has 0 saturated carbocycles. The number of nitrogens with two attached hydrogens (primary N) is 1. The molecule has 180 valence electrons. The zero-order chi connectivity index (χ0) is 25.0. The summed E-state index contributed by atoms with van der Waals surface area (Å²) in [6.45, 7) is 4.91. The lowest BCUT2D eigenvalue weighted by Gasteiger charge is -2.36. The normalized spacial score (nSPS) is 16.8. The van der Waals surface area contributed by atoms with Gasteiger partial charge in [-0.2, -0.15) is 4.73 Å². The predicted molar refractivity (Wildman–Crippen MR) is 122 cm³/mol. The van der Waals surface area contributed by atoms with Crippen LogP contribution in [0.4, 0.5) is 4.79 Å². The Morgan fingerprint density at radius 2 is 2.15 bits per heavy atom. The molecular weight excluding hydrogens is 456 g/mol. The number of aliphatic imine (C=N–C) groups is 1. The highest BCUT2D eigenvalue weighted by atomic mass is 32.2. The average Bonchev–Trinajstić information content (AvgIpc) is 2.77. The third-order valence-electron chi connectivity index (χ3n) is 4.11. The molecule has 33 heavy (non-hydrogen) atoms. The van der Waals surface area contributed by atoms with Crippen molar-refractivity contribution in [1.29, 1.82) is 5.41 Å². The Balaban J connectivity index is 0.000000461. The second kappa shape index (κ2) is 13.5. The molecule has 1 aromatic heterocycles. The Bertz CT molecular complexity index is 979. The number of carbonyl (C=O) groups excluding carboxylic acids is 3. The van der Waals surface area contributed by atoms with E-state index in [2.05, 4.69) is 33.0 Å². The zero-order valence-corrected chi connectivity index (χ0v) is 18.5.